The van der Waals surface area contributed by atoms with E-state index in [1.165, 1.54) is 12.8 Å². The predicted molar refractivity (Wildman–Crippen MR) is 125 cm³/mol. The van der Waals surface area contributed by atoms with Gasteiger partial charge in [0.2, 0.25) is 0 Å². The summed E-state index contributed by atoms with van der Waals surface area (Å²) in [5.41, 5.74) is 0. The standard InChI is InChI=1S/C14H29BPSSi2.C4H8O.Li/c1-17-13-11-9-8-10-12(13)16(15)14(18(2,3)4)19(5,6)7;1-2-4-5-3-1;/h8-11,14H,1-7,15H3;1-4H2;/q-1;;+1/t16-;;/m1../s1. The molecule has 7 heteroatoms. The number of hydrogen-bond donors (Lipinski definition) is 0. The van der Waals surface area contributed by atoms with E-state index in [1.54, 1.807) is 10.2 Å². The Kier molecular flexibility index (Phi) is 12.3. The van der Waals surface area contributed by atoms with Crippen LogP contribution in [0.25, 0.3) is 0 Å². The Balaban J connectivity index is 0.000000820. The van der Waals surface area contributed by atoms with Crippen LogP contribution in [-0.2, 0) is 4.74 Å². The van der Waals surface area contributed by atoms with Crippen LogP contribution in [0.4, 0.5) is 0 Å². The van der Waals surface area contributed by atoms with E-state index in [0.29, 0.717) is 7.57 Å². The number of hydrogen-bond acceptors (Lipinski definition) is 2. The Morgan fingerprint density at radius 3 is 1.84 bits per heavy atom. The van der Waals surface area contributed by atoms with Crippen LogP contribution in [0.1, 0.15) is 12.8 Å². The summed E-state index contributed by atoms with van der Waals surface area (Å²) in [4.78, 5) is 2.66. The van der Waals surface area contributed by atoms with Crippen LogP contribution in [-0.4, -0.2) is 48.1 Å². The number of ether oxygens (including phenoxy) is 1. The molecule has 1 nitrogen and oxygen atoms in total. The van der Waals surface area contributed by atoms with Gasteiger partial charge in [-0.2, -0.15) is 0 Å². The third-order valence-electron chi connectivity index (χ3n) is 3.82. The van der Waals surface area contributed by atoms with E-state index in [4.69, 9.17) is 4.74 Å². The van der Waals surface area contributed by atoms with Gasteiger partial charge in [-0.25, -0.2) is 0 Å². The predicted octanol–water partition coefficient (Wildman–Crippen LogP) is 1.72. The van der Waals surface area contributed by atoms with Gasteiger partial charge >= 0.3 is 18.9 Å². The summed E-state index contributed by atoms with van der Waals surface area (Å²) in [7, 11) is -1.51. The van der Waals surface area contributed by atoms with Crippen molar-refractivity contribution in [1.29, 1.82) is 0 Å². The normalized spacial score (nSPS) is 16.0. The van der Waals surface area contributed by atoms with Crippen LogP contribution in [0.3, 0.4) is 0 Å². The summed E-state index contributed by atoms with van der Waals surface area (Å²) in [6.07, 6.45) is 4.79. The van der Waals surface area contributed by atoms with Gasteiger partial charge in [-0.1, -0.05) is 62.4 Å². The molecule has 1 atom stereocenters. The first-order valence-corrected chi connectivity index (χ1v) is 17.9. The molecule has 0 bridgehead atoms. The van der Waals surface area contributed by atoms with E-state index >= 15 is 0 Å². The molecule has 1 aliphatic heterocycles. The molecular weight excluding hydrogens is 369 g/mol. The van der Waals surface area contributed by atoms with Crippen LogP contribution in [0.15, 0.2) is 29.2 Å². The van der Waals surface area contributed by atoms with Crippen LogP contribution in [0.5, 0.6) is 0 Å². The molecule has 25 heavy (non-hydrogen) atoms. The van der Waals surface area contributed by atoms with Crippen LogP contribution in [0.2, 0.25) is 39.3 Å². The van der Waals surface area contributed by atoms with Crippen LogP contribution >= 0.6 is 19.6 Å². The van der Waals surface area contributed by atoms with Gasteiger partial charge in [0.25, 0.3) is 0 Å². The Hall–Kier alpha value is 1.06. The number of benzene rings is 1. The second-order valence-electron chi connectivity index (χ2n) is 8.26. The first-order chi connectivity index (χ1) is 11.1. The van der Waals surface area contributed by atoms with Crippen molar-refractivity contribution in [3.63, 3.8) is 0 Å². The van der Waals surface area contributed by atoms with Gasteiger partial charge in [-0.3, -0.25) is 7.80 Å². The quantitative estimate of drug-likeness (QED) is 0.419. The fourth-order valence-corrected chi connectivity index (χ4v) is 19.0. The summed E-state index contributed by atoms with van der Waals surface area (Å²) in [5, 5.41) is 1.75. The molecule has 0 radical (unpaired) electrons. The molecule has 1 saturated heterocycles. The molecule has 0 saturated carbocycles. The number of thioether (sulfide) groups is 1. The van der Waals surface area contributed by atoms with E-state index in [1.807, 2.05) is 11.8 Å². The minimum atomic E-state index is -1.06. The van der Waals surface area contributed by atoms with E-state index in [2.05, 4.69) is 69.8 Å². The van der Waals surface area contributed by atoms with Crippen LogP contribution in [0, 0.1) is 0 Å². The Bertz CT molecular complexity index is 483. The maximum absolute atomic E-state index is 4.94. The fourth-order valence-electron chi connectivity index (χ4n) is 3.07. The van der Waals surface area contributed by atoms with Crippen LogP contribution < -0.4 is 24.2 Å². The molecule has 1 aliphatic rings. The largest absolute Gasteiger partial charge is 1.00 e. The first-order valence-electron chi connectivity index (χ1n) is 8.58. The van der Waals surface area contributed by atoms with Crippen molar-refractivity contribution in [1.82, 2.24) is 0 Å². The van der Waals surface area contributed by atoms with Crippen molar-refractivity contribution < 1.29 is 23.6 Å². The van der Waals surface area contributed by atoms with Crippen molar-refractivity contribution in [2.75, 3.05) is 19.5 Å². The third kappa shape index (κ3) is 8.73. The smallest absolute Gasteiger partial charge is 0.381 e. The average molecular weight is 406 g/mol. The molecule has 2 rings (SSSR count). The van der Waals surface area contributed by atoms with Gasteiger partial charge < -0.3 is 4.74 Å². The van der Waals surface area contributed by atoms with Crippen molar-refractivity contribution in [3.8, 4) is 0 Å². The second kappa shape index (κ2) is 11.8. The molecule has 138 valence electrons. The maximum Gasteiger partial charge on any atom is 1.00 e. The second-order valence-corrected chi connectivity index (χ2v) is 22.5. The molecule has 0 aliphatic carbocycles. The van der Waals surface area contributed by atoms with Gasteiger partial charge in [0.05, 0.1) is 0 Å². The summed E-state index contributed by atoms with van der Waals surface area (Å²) in [6, 6.07) is 9.24. The van der Waals surface area contributed by atoms with Crippen molar-refractivity contribution in [3.05, 3.63) is 24.3 Å². The first kappa shape index (κ1) is 26.1. The van der Waals surface area contributed by atoms with Gasteiger partial charge in [-0.05, 0) is 38.0 Å². The summed E-state index contributed by atoms with van der Waals surface area (Å²) < 4.78 is 4.94. The van der Waals surface area contributed by atoms with E-state index in [0.717, 1.165) is 18.1 Å². The zero-order valence-corrected chi connectivity index (χ0v) is 20.7. The van der Waals surface area contributed by atoms with E-state index in [9.17, 15) is 0 Å². The van der Waals surface area contributed by atoms with Gasteiger partial charge in [-0.15, -0.1) is 11.8 Å². The third-order valence-corrected chi connectivity index (χ3v) is 19.6. The summed E-state index contributed by atoms with van der Waals surface area (Å²) in [6.45, 7) is 17.6. The van der Waals surface area contributed by atoms with Gasteiger partial charge in [0.1, 0.15) is 0 Å². The number of rotatable bonds is 5. The molecule has 1 heterocycles. The molecule has 0 spiro atoms. The van der Waals surface area contributed by atoms with Crippen molar-refractivity contribution in [2.24, 2.45) is 0 Å². The zero-order valence-electron chi connectivity index (χ0n) is 17.0. The van der Waals surface area contributed by atoms with Crippen molar-refractivity contribution in [2.45, 2.75) is 61.9 Å². The SMILES string of the molecule is C1CCOC1.[BH3-][P@](c1ccccc1SC)C([Si](C)(C)C)[Si](C)(C)C.[Li+]. The van der Waals surface area contributed by atoms with Gasteiger partial charge in [0, 0.05) is 34.3 Å². The molecule has 1 aromatic rings. The fraction of sp³-hybridized carbons (Fsp3) is 0.667. The Morgan fingerprint density at radius 1 is 1.00 bits per heavy atom. The molecule has 1 aromatic carbocycles. The van der Waals surface area contributed by atoms with Gasteiger partial charge in [0.15, 0.2) is 0 Å². The molecule has 0 amide bonds. The average Bonchev–Trinajstić information content (AvgIpc) is 3.03. The topological polar surface area (TPSA) is 9.23 Å². The molecular formula is C18H37BLiOPSSi2. The molecule has 1 fully saturated rings. The Labute approximate surface area is 177 Å². The van der Waals surface area contributed by atoms with E-state index in [-0.39, 0.29) is 26.7 Å². The minimum absolute atomic E-state index is 0. The maximum atomic E-state index is 4.94. The molecule has 0 N–H and O–H groups in total. The molecule has 0 unspecified atom stereocenters. The van der Waals surface area contributed by atoms with E-state index < -0.39 is 16.1 Å². The van der Waals surface area contributed by atoms with Crippen molar-refractivity contribution >= 4 is 48.6 Å². The Morgan fingerprint density at radius 2 is 1.48 bits per heavy atom. The minimum Gasteiger partial charge on any atom is -0.381 e. The molecule has 0 aromatic heterocycles. The zero-order chi connectivity index (χ0) is 18.4. The summed E-state index contributed by atoms with van der Waals surface area (Å²) in [5.74, 6) is 0. The monoisotopic (exact) mass is 406 g/mol. The summed E-state index contributed by atoms with van der Waals surface area (Å²) >= 11 is 1.95.